The summed E-state index contributed by atoms with van der Waals surface area (Å²) < 4.78 is 18.3. The zero-order valence-electron chi connectivity index (χ0n) is 8.62. The van der Waals surface area contributed by atoms with E-state index in [9.17, 15) is 4.39 Å². The number of nitrogens with one attached hydrogen (secondary N) is 1. The topological polar surface area (TPSA) is 25.2 Å². The van der Waals surface area contributed by atoms with Crippen LogP contribution in [0.5, 0.6) is 0 Å². The standard InChI is InChI=1S/C12H12FNO.ClH/c13-12-6-2-1-4-10(12)8-14-9-11-5-3-7-15-11;/h1-7,14H,8-9H2;1H/p-1. The molecule has 1 aromatic carbocycles. The Bertz CT molecular complexity index is 417. The van der Waals surface area contributed by atoms with Crippen molar-refractivity contribution in [2.24, 2.45) is 0 Å². The third-order valence-electron chi connectivity index (χ3n) is 2.15. The Morgan fingerprint density at radius 3 is 2.56 bits per heavy atom. The van der Waals surface area contributed by atoms with E-state index in [-0.39, 0.29) is 18.2 Å². The summed E-state index contributed by atoms with van der Waals surface area (Å²) >= 11 is 0. The lowest BCUT2D eigenvalue weighted by Gasteiger charge is -2.03. The van der Waals surface area contributed by atoms with E-state index in [2.05, 4.69) is 5.32 Å². The molecule has 1 heterocycles. The van der Waals surface area contributed by atoms with Crippen molar-refractivity contribution in [2.45, 2.75) is 13.1 Å². The van der Waals surface area contributed by atoms with Crippen LogP contribution in [0.25, 0.3) is 0 Å². The van der Waals surface area contributed by atoms with Crippen LogP contribution in [-0.2, 0) is 13.1 Å². The van der Waals surface area contributed by atoms with Crippen LogP contribution in [0.15, 0.2) is 47.1 Å². The van der Waals surface area contributed by atoms with E-state index >= 15 is 0 Å². The Morgan fingerprint density at radius 2 is 1.88 bits per heavy atom. The van der Waals surface area contributed by atoms with Gasteiger partial charge in [0.15, 0.2) is 0 Å². The first-order valence-corrected chi connectivity index (χ1v) is 4.83. The first-order valence-electron chi connectivity index (χ1n) is 4.83. The lowest BCUT2D eigenvalue weighted by Crippen LogP contribution is -3.00. The number of halogens is 2. The Balaban J connectivity index is 0.00000128. The van der Waals surface area contributed by atoms with Gasteiger partial charge < -0.3 is 22.1 Å². The maximum atomic E-state index is 13.2. The Labute approximate surface area is 99.9 Å². The summed E-state index contributed by atoms with van der Waals surface area (Å²) in [5, 5.41) is 3.11. The average Bonchev–Trinajstić information content (AvgIpc) is 2.74. The van der Waals surface area contributed by atoms with E-state index in [0.29, 0.717) is 18.7 Å². The molecule has 86 valence electrons. The smallest absolute Gasteiger partial charge is 0.127 e. The van der Waals surface area contributed by atoms with E-state index in [4.69, 9.17) is 4.42 Å². The summed E-state index contributed by atoms with van der Waals surface area (Å²) in [7, 11) is 0. The third kappa shape index (κ3) is 3.36. The molecule has 2 rings (SSSR count). The van der Waals surface area contributed by atoms with Crippen LogP contribution in [0.3, 0.4) is 0 Å². The number of hydrogen-bond acceptors (Lipinski definition) is 2. The fourth-order valence-electron chi connectivity index (χ4n) is 1.38. The van der Waals surface area contributed by atoms with Crippen LogP contribution in [0.2, 0.25) is 0 Å². The van der Waals surface area contributed by atoms with Gasteiger partial charge >= 0.3 is 0 Å². The minimum absolute atomic E-state index is 0. The maximum absolute atomic E-state index is 13.2. The van der Waals surface area contributed by atoms with Crippen molar-refractivity contribution in [3.05, 3.63) is 59.8 Å². The van der Waals surface area contributed by atoms with Crippen molar-refractivity contribution in [3.63, 3.8) is 0 Å². The van der Waals surface area contributed by atoms with Gasteiger partial charge in [-0.3, -0.25) is 0 Å². The molecule has 0 atom stereocenters. The van der Waals surface area contributed by atoms with E-state index in [1.807, 2.05) is 18.2 Å². The van der Waals surface area contributed by atoms with Crippen LogP contribution in [0.1, 0.15) is 11.3 Å². The molecule has 0 spiro atoms. The molecule has 0 aliphatic carbocycles. The molecule has 1 aromatic heterocycles. The molecular formula is C12H12ClFNO-. The summed E-state index contributed by atoms with van der Waals surface area (Å²) in [6, 6.07) is 10.5. The van der Waals surface area contributed by atoms with Gasteiger partial charge in [-0.05, 0) is 18.2 Å². The normalized spacial score (nSPS) is 9.81. The van der Waals surface area contributed by atoms with Gasteiger partial charge in [0, 0.05) is 12.1 Å². The van der Waals surface area contributed by atoms with Crippen LogP contribution in [0.4, 0.5) is 4.39 Å². The van der Waals surface area contributed by atoms with Crippen molar-refractivity contribution in [2.75, 3.05) is 0 Å². The number of hydrogen-bond donors (Lipinski definition) is 1. The second-order valence-corrected chi connectivity index (χ2v) is 3.27. The van der Waals surface area contributed by atoms with Gasteiger partial charge in [0.25, 0.3) is 0 Å². The molecule has 0 radical (unpaired) electrons. The van der Waals surface area contributed by atoms with Gasteiger partial charge in [0.05, 0.1) is 12.8 Å². The highest BCUT2D eigenvalue weighted by Gasteiger charge is 2.00. The van der Waals surface area contributed by atoms with Gasteiger partial charge in [-0.15, -0.1) is 0 Å². The lowest BCUT2D eigenvalue weighted by atomic mass is 10.2. The highest BCUT2D eigenvalue weighted by molar-refractivity contribution is 5.17. The monoisotopic (exact) mass is 240 g/mol. The molecule has 1 N–H and O–H groups in total. The zero-order chi connectivity index (χ0) is 10.5. The number of benzene rings is 1. The molecular weight excluding hydrogens is 229 g/mol. The van der Waals surface area contributed by atoms with Gasteiger partial charge in [-0.25, -0.2) is 4.39 Å². The molecule has 0 amide bonds. The highest BCUT2D eigenvalue weighted by Crippen LogP contribution is 2.06. The maximum Gasteiger partial charge on any atom is 0.127 e. The Morgan fingerprint density at radius 1 is 1.06 bits per heavy atom. The quantitative estimate of drug-likeness (QED) is 0.795. The van der Waals surface area contributed by atoms with Crippen LogP contribution >= 0.6 is 0 Å². The van der Waals surface area contributed by atoms with Crippen LogP contribution in [0, 0.1) is 5.82 Å². The van der Waals surface area contributed by atoms with Crippen molar-refractivity contribution in [1.29, 1.82) is 0 Å². The van der Waals surface area contributed by atoms with E-state index in [1.165, 1.54) is 6.07 Å². The predicted molar refractivity (Wildman–Crippen MR) is 55.7 cm³/mol. The molecule has 16 heavy (non-hydrogen) atoms. The van der Waals surface area contributed by atoms with Crippen molar-refractivity contribution < 1.29 is 21.2 Å². The summed E-state index contributed by atoms with van der Waals surface area (Å²) in [5.41, 5.74) is 0.670. The Hall–Kier alpha value is -1.32. The minimum atomic E-state index is -0.176. The molecule has 0 saturated carbocycles. The predicted octanol–water partition coefficient (Wildman–Crippen LogP) is -0.287. The Kier molecular flexibility index (Phi) is 5.02. The fourth-order valence-corrected chi connectivity index (χ4v) is 1.38. The second-order valence-electron chi connectivity index (χ2n) is 3.27. The van der Waals surface area contributed by atoms with Gasteiger partial charge in [0.1, 0.15) is 11.6 Å². The SMILES string of the molecule is Fc1ccccc1CNCc1ccco1.[Cl-]. The fraction of sp³-hybridized carbons (Fsp3) is 0.167. The van der Waals surface area contributed by atoms with Gasteiger partial charge in [-0.1, -0.05) is 18.2 Å². The molecule has 0 saturated heterocycles. The molecule has 0 aliphatic rings. The molecule has 2 aromatic rings. The number of furan rings is 1. The van der Waals surface area contributed by atoms with Crippen LogP contribution < -0.4 is 17.7 Å². The average molecular weight is 241 g/mol. The molecule has 0 aliphatic heterocycles. The molecule has 0 unspecified atom stereocenters. The van der Waals surface area contributed by atoms with Crippen molar-refractivity contribution >= 4 is 0 Å². The summed E-state index contributed by atoms with van der Waals surface area (Å²) in [5.74, 6) is 0.677. The van der Waals surface area contributed by atoms with Crippen molar-refractivity contribution in [3.8, 4) is 0 Å². The molecule has 0 fully saturated rings. The third-order valence-corrected chi connectivity index (χ3v) is 2.15. The second kappa shape index (κ2) is 6.30. The van der Waals surface area contributed by atoms with E-state index < -0.39 is 0 Å². The van der Waals surface area contributed by atoms with Gasteiger partial charge in [0.2, 0.25) is 0 Å². The molecule has 4 heteroatoms. The van der Waals surface area contributed by atoms with E-state index in [0.717, 1.165) is 5.76 Å². The summed E-state index contributed by atoms with van der Waals surface area (Å²) in [6.07, 6.45) is 1.63. The first-order chi connectivity index (χ1) is 7.36. The summed E-state index contributed by atoms with van der Waals surface area (Å²) in [4.78, 5) is 0. The molecule has 0 bridgehead atoms. The van der Waals surface area contributed by atoms with Crippen molar-refractivity contribution in [1.82, 2.24) is 5.32 Å². The van der Waals surface area contributed by atoms with E-state index in [1.54, 1.807) is 18.4 Å². The zero-order valence-corrected chi connectivity index (χ0v) is 9.38. The molecule has 2 nitrogen and oxygen atoms in total. The van der Waals surface area contributed by atoms with Gasteiger partial charge in [-0.2, -0.15) is 0 Å². The lowest BCUT2D eigenvalue weighted by molar-refractivity contribution is -0.00000415. The first kappa shape index (κ1) is 12.7. The summed E-state index contributed by atoms with van der Waals surface area (Å²) in [6.45, 7) is 1.12. The highest BCUT2D eigenvalue weighted by atomic mass is 35.5. The largest absolute Gasteiger partial charge is 1.00 e. The van der Waals surface area contributed by atoms with Crippen LogP contribution in [-0.4, -0.2) is 0 Å². The minimum Gasteiger partial charge on any atom is -1.00 e. The number of rotatable bonds is 4.